The summed E-state index contributed by atoms with van der Waals surface area (Å²) >= 11 is 12.4. The number of halogens is 5. The van der Waals surface area contributed by atoms with Gasteiger partial charge >= 0.3 is 6.18 Å². The van der Waals surface area contributed by atoms with Crippen LogP contribution in [0.1, 0.15) is 23.1 Å². The van der Waals surface area contributed by atoms with E-state index >= 15 is 0 Å². The molecule has 2 aromatic rings. The topological polar surface area (TPSA) is 12.4 Å². The van der Waals surface area contributed by atoms with Crippen LogP contribution in [0.4, 0.5) is 13.2 Å². The van der Waals surface area contributed by atoms with Gasteiger partial charge < -0.3 is 0 Å². The SMILES string of the molecule is Bc1ccc(C2=NSC(c3cc(Cl)cc(Cl)c3)(C(F)(F)F)C2)cc1C. The van der Waals surface area contributed by atoms with Gasteiger partial charge in [0.2, 0.25) is 0 Å². The van der Waals surface area contributed by atoms with Gasteiger partial charge in [-0.25, -0.2) is 4.40 Å². The highest BCUT2D eigenvalue weighted by Gasteiger charge is 2.60. The molecule has 3 rings (SSSR count). The lowest BCUT2D eigenvalue weighted by Gasteiger charge is -2.30. The van der Waals surface area contributed by atoms with Crippen LogP contribution in [-0.2, 0) is 4.75 Å². The Morgan fingerprint density at radius 3 is 2.32 bits per heavy atom. The lowest BCUT2D eigenvalue weighted by Crippen LogP contribution is -2.38. The summed E-state index contributed by atoms with van der Waals surface area (Å²) in [6.07, 6.45) is -4.77. The number of alkyl halides is 3. The molecular weight excluding hydrogens is 389 g/mol. The lowest BCUT2D eigenvalue weighted by molar-refractivity contribution is -0.159. The summed E-state index contributed by atoms with van der Waals surface area (Å²) in [5.41, 5.74) is 3.24. The molecule has 1 unspecified atom stereocenters. The van der Waals surface area contributed by atoms with E-state index in [0.29, 0.717) is 23.2 Å². The van der Waals surface area contributed by atoms with E-state index in [0.717, 1.165) is 11.0 Å². The first kappa shape index (κ1) is 18.7. The zero-order valence-electron chi connectivity index (χ0n) is 13.4. The van der Waals surface area contributed by atoms with Crippen molar-refractivity contribution in [2.24, 2.45) is 4.40 Å². The number of nitrogens with zero attached hydrogens (tertiary/aromatic N) is 1. The second-order valence-corrected chi connectivity index (χ2v) is 8.02. The van der Waals surface area contributed by atoms with Gasteiger partial charge in [0.05, 0.1) is 5.71 Å². The van der Waals surface area contributed by atoms with E-state index in [-0.39, 0.29) is 22.0 Å². The van der Waals surface area contributed by atoms with Crippen LogP contribution < -0.4 is 5.46 Å². The molecule has 25 heavy (non-hydrogen) atoms. The van der Waals surface area contributed by atoms with Crippen molar-refractivity contribution in [3.63, 3.8) is 0 Å². The molecular formula is C17H13BCl2F3NS. The summed E-state index contributed by atoms with van der Waals surface area (Å²) in [4.78, 5) is 0. The minimum absolute atomic E-state index is 0.0186. The monoisotopic (exact) mass is 401 g/mol. The van der Waals surface area contributed by atoms with E-state index in [1.807, 2.05) is 26.9 Å². The third-order valence-electron chi connectivity index (χ3n) is 4.35. The van der Waals surface area contributed by atoms with E-state index in [1.54, 1.807) is 6.07 Å². The van der Waals surface area contributed by atoms with Gasteiger partial charge in [-0.05, 0) is 48.2 Å². The summed E-state index contributed by atoms with van der Waals surface area (Å²) in [6, 6.07) is 9.61. The van der Waals surface area contributed by atoms with Crippen molar-refractivity contribution in [3.8, 4) is 0 Å². The molecule has 1 heterocycles. The molecule has 0 spiro atoms. The van der Waals surface area contributed by atoms with Crippen LogP contribution in [0.2, 0.25) is 10.0 Å². The molecule has 0 aliphatic carbocycles. The third kappa shape index (κ3) is 3.44. The molecule has 0 saturated carbocycles. The molecule has 130 valence electrons. The predicted octanol–water partition coefficient (Wildman–Crippen LogP) is 4.86. The number of benzene rings is 2. The van der Waals surface area contributed by atoms with Gasteiger partial charge in [-0.1, -0.05) is 52.4 Å². The first-order valence-electron chi connectivity index (χ1n) is 7.48. The Labute approximate surface area is 159 Å². The van der Waals surface area contributed by atoms with Gasteiger partial charge in [-0.15, -0.1) is 0 Å². The molecule has 1 aliphatic rings. The molecule has 0 N–H and O–H groups in total. The normalized spacial score (nSPS) is 20.6. The van der Waals surface area contributed by atoms with E-state index in [2.05, 4.69) is 4.40 Å². The van der Waals surface area contributed by atoms with Gasteiger partial charge in [-0.2, -0.15) is 13.2 Å². The fraction of sp³-hybridized carbons (Fsp3) is 0.235. The fourth-order valence-electron chi connectivity index (χ4n) is 2.77. The number of rotatable bonds is 2. The maximum Gasteiger partial charge on any atom is 0.409 e. The van der Waals surface area contributed by atoms with Crippen molar-refractivity contribution in [1.82, 2.24) is 0 Å². The Morgan fingerprint density at radius 2 is 1.76 bits per heavy atom. The molecule has 0 bridgehead atoms. The highest BCUT2D eigenvalue weighted by molar-refractivity contribution is 7.99. The van der Waals surface area contributed by atoms with Gasteiger partial charge in [0.1, 0.15) is 7.85 Å². The van der Waals surface area contributed by atoms with Crippen molar-refractivity contribution in [2.45, 2.75) is 24.3 Å². The quantitative estimate of drug-likeness (QED) is 0.517. The van der Waals surface area contributed by atoms with Crippen LogP contribution in [0.15, 0.2) is 40.8 Å². The summed E-state index contributed by atoms with van der Waals surface area (Å²) in [6.45, 7) is 1.93. The second-order valence-electron chi connectivity index (χ2n) is 6.09. The van der Waals surface area contributed by atoms with Crippen molar-refractivity contribution in [3.05, 3.63) is 63.1 Å². The van der Waals surface area contributed by atoms with E-state index in [4.69, 9.17) is 23.2 Å². The van der Waals surface area contributed by atoms with E-state index in [9.17, 15) is 13.2 Å². The second kappa shape index (κ2) is 6.56. The summed E-state index contributed by atoms with van der Waals surface area (Å²) in [5, 5.41) is 0.345. The standard InChI is InChI=1S/C17H13BCl2F3NS/c1-9-4-10(2-3-14(9)18)15-8-16(25-24-15,17(21,22)23)11-5-12(19)7-13(20)6-11/h2-7H,8,18H2,1H3. The Bertz CT molecular complexity index is 849. The van der Waals surface area contributed by atoms with Crippen LogP contribution in [-0.4, -0.2) is 19.7 Å². The zero-order valence-corrected chi connectivity index (χ0v) is 15.7. The fourth-order valence-corrected chi connectivity index (χ4v) is 4.26. The van der Waals surface area contributed by atoms with Crippen LogP contribution in [0, 0.1) is 6.92 Å². The van der Waals surface area contributed by atoms with Crippen LogP contribution >= 0.6 is 35.1 Å². The molecule has 0 saturated heterocycles. The average Bonchev–Trinajstić information content (AvgIpc) is 2.95. The highest BCUT2D eigenvalue weighted by atomic mass is 35.5. The molecule has 0 aromatic heterocycles. The molecule has 0 amide bonds. The van der Waals surface area contributed by atoms with Gasteiger partial charge in [-0.3, -0.25) is 0 Å². The first-order valence-corrected chi connectivity index (χ1v) is 9.01. The van der Waals surface area contributed by atoms with Crippen LogP contribution in [0.25, 0.3) is 0 Å². The highest BCUT2D eigenvalue weighted by Crippen LogP contribution is 2.57. The molecule has 8 heteroatoms. The molecule has 2 aromatic carbocycles. The molecule has 0 fully saturated rings. The Morgan fingerprint density at radius 1 is 1.12 bits per heavy atom. The van der Waals surface area contributed by atoms with Crippen LogP contribution in [0.5, 0.6) is 0 Å². The average molecular weight is 402 g/mol. The smallest absolute Gasteiger partial charge is 0.219 e. The summed E-state index contributed by atoms with van der Waals surface area (Å²) in [7, 11) is 1.96. The largest absolute Gasteiger partial charge is 0.409 e. The van der Waals surface area contributed by atoms with E-state index < -0.39 is 10.9 Å². The number of hydrogen-bond acceptors (Lipinski definition) is 2. The van der Waals surface area contributed by atoms with Gasteiger partial charge in [0, 0.05) is 16.5 Å². The zero-order chi connectivity index (χ0) is 18.4. The summed E-state index contributed by atoms with van der Waals surface area (Å²) < 4.78 is 44.0. The van der Waals surface area contributed by atoms with Crippen molar-refractivity contribution < 1.29 is 13.2 Å². The minimum Gasteiger partial charge on any atom is -0.219 e. The maximum absolute atomic E-state index is 14.0. The Balaban J connectivity index is 2.04. The van der Waals surface area contributed by atoms with Crippen molar-refractivity contribution in [2.75, 3.05) is 0 Å². The van der Waals surface area contributed by atoms with Crippen LogP contribution in [0.3, 0.4) is 0 Å². The molecule has 0 radical (unpaired) electrons. The van der Waals surface area contributed by atoms with Crippen molar-refractivity contribution in [1.29, 1.82) is 0 Å². The maximum atomic E-state index is 14.0. The molecule has 1 nitrogen and oxygen atoms in total. The van der Waals surface area contributed by atoms with Gasteiger partial charge in [0.15, 0.2) is 4.75 Å². The molecule has 1 aliphatic heterocycles. The first-order chi connectivity index (χ1) is 11.6. The third-order valence-corrected chi connectivity index (χ3v) is 6.03. The predicted molar refractivity (Wildman–Crippen MR) is 102 cm³/mol. The lowest BCUT2D eigenvalue weighted by atomic mass is 9.86. The Kier molecular flexibility index (Phi) is 4.90. The number of hydrogen-bond donors (Lipinski definition) is 0. The minimum atomic E-state index is -4.50. The molecule has 1 atom stereocenters. The van der Waals surface area contributed by atoms with E-state index in [1.165, 1.54) is 18.2 Å². The summed E-state index contributed by atoms with van der Waals surface area (Å²) in [5.74, 6) is 0. The number of aryl methyl sites for hydroxylation is 1. The van der Waals surface area contributed by atoms with Crippen molar-refractivity contribution >= 4 is 54.2 Å². The Hall–Kier alpha value is -1.11. The van der Waals surface area contributed by atoms with Gasteiger partial charge in [0.25, 0.3) is 0 Å².